The van der Waals surface area contributed by atoms with Gasteiger partial charge in [-0.25, -0.2) is 9.78 Å². The summed E-state index contributed by atoms with van der Waals surface area (Å²) < 4.78 is 4.67. The number of hydrogen-bond acceptors (Lipinski definition) is 6. The highest BCUT2D eigenvalue weighted by Gasteiger charge is 2.39. The molecule has 1 atom stereocenters. The first kappa shape index (κ1) is 18.6. The Balaban J connectivity index is 1.51. The highest BCUT2D eigenvalue weighted by Crippen LogP contribution is 2.40. The molecule has 2 aliphatic rings. The molecule has 146 valence electrons. The average molecular weight is 399 g/mol. The van der Waals surface area contributed by atoms with Crippen LogP contribution in [0.5, 0.6) is 0 Å². The first-order chi connectivity index (χ1) is 13.5. The van der Waals surface area contributed by atoms with Gasteiger partial charge in [0.15, 0.2) is 5.13 Å². The zero-order chi connectivity index (χ0) is 19.8. The van der Waals surface area contributed by atoms with Crippen molar-refractivity contribution in [2.24, 2.45) is 5.92 Å². The molecule has 0 unspecified atom stereocenters. The second kappa shape index (κ2) is 7.35. The molecule has 0 radical (unpaired) electrons. The first-order valence-corrected chi connectivity index (χ1v) is 10.3. The van der Waals surface area contributed by atoms with E-state index in [1.54, 1.807) is 6.92 Å². The van der Waals surface area contributed by atoms with Crippen LogP contribution in [0, 0.1) is 5.92 Å². The Morgan fingerprint density at radius 1 is 1.32 bits per heavy atom. The lowest BCUT2D eigenvalue weighted by Gasteiger charge is -2.22. The fraction of sp³-hybridized carbons (Fsp3) is 0.400. The van der Waals surface area contributed by atoms with Gasteiger partial charge in [0.2, 0.25) is 5.91 Å². The Kier molecular flexibility index (Phi) is 4.89. The molecule has 1 N–H and O–H groups in total. The van der Waals surface area contributed by atoms with Gasteiger partial charge in [0.25, 0.3) is 0 Å². The molecule has 1 aromatic carbocycles. The largest absolute Gasteiger partial charge is 0.459 e. The summed E-state index contributed by atoms with van der Waals surface area (Å²) in [5.41, 5.74) is 3.74. The van der Waals surface area contributed by atoms with Crippen molar-refractivity contribution >= 4 is 39.9 Å². The van der Waals surface area contributed by atoms with Crippen LogP contribution < -0.4 is 10.2 Å². The number of anilines is 2. The molecule has 0 bridgehead atoms. The molecule has 2 amide bonds. The second-order valence-electron chi connectivity index (χ2n) is 7.09. The smallest absolute Gasteiger partial charge is 0.397 e. The molecule has 2 aromatic rings. The topological polar surface area (TPSA) is 88.6 Å². The molecule has 8 heteroatoms. The zero-order valence-electron chi connectivity index (χ0n) is 15.7. The molecular formula is C20H21N3O4S. The summed E-state index contributed by atoms with van der Waals surface area (Å²) in [7, 11) is 0. The molecule has 7 nitrogen and oxygen atoms in total. The number of nitrogens with one attached hydrogen (secondary N) is 1. The van der Waals surface area contributed by atoms with E-state index in [4.69, 9.17) is 0 Å². The lowest BCUT2D eigenvalue weighted by Crippen LogP contribution is -2.36. The number of carbonyl (C=O) groups is 3. The monoisotopic (exact) mass is 399 g/mol. The lowest BCUT2D eigenvalue weighted by molar-refractivity contribution is -0.152. The van der Waals surface area contributed by atoms with Crippen LogP contribution >= 0.6 is 11.3 Å². The Labute approximate surface area is 166 Å². The van der Waals surface area contributed by atoms with Gasteiger partial charge < -0.3 is 9.64 Å². The van der Waals surface area contributed by atoms with Crippen molar-refractivity contribution < 1.29 is 19.1 Å². The highest BCUT2D eigenvalue weighted by atomic mass is 32.1. The van der Waals surface area contributed by atoms with Gasteiger partial charge in [-0.3, -0.25) is 14.9 Å². The summed E-state index contributed by atoms with van der Waals surface area (Å²) in [5.74, 6) is -1.33. The van der Waals surface area contributed by atoms with Gasteiger partial charge in [-0.05, 0) is 50.8 Å². The van der Waals surface area contributed by atoms with Gasteiger partial charge in [0, 0.05) is 28.6 Å². The summed E-state index contributed by atoms with van der Waals surface area (Å²) in [6.07, 6.45) is 2.81. The van der Waals surface area contributed by atoms with Crippen molar-refractivity contribution in [3.05, 3.63) is 29.1 Å². The summed E-state index contributed by atoms with van der Waals surface area (Å²) in [6, 6.07) is 6.13. The minimum atomic E-state index is -0.925. The van der Waals surface area contributed by atoms with Crippen LogP contribution in [-0.2, 0) is 25.5 Å². The number of amides is 2. The Morgan fingerprint density at radius 2 is 2.11 bits per heavy atom. The van der Waals surface area contributed by atoms with Gasteiger partial charge in [0.05, 0.1) is 12.3 Å². The molecule has 28 heavy (non-hydrogen) atoms. The predicted molar refractivity (Wildman–Crippen MR) is 106 cm³/mol. The Bertz CT molecular complexity index is 951. The maximum Gasteiger partial charge on any atom is 0.397 e. The van der Waals surface area contributed by atoms with E-state index in [9.17, 15) is 14.4 Å². The van der Waals surface area contributed by atoms with E-state index < -0.39 is 11.9 Å². The number of aromatic nitrogens is 1. The maximum absolute atomic E-state index is 12.6. The molecule has 2 heterocycles. The number of esters is 1. The predicted octanol–water partition coefficient (Wildman–Crippen LogP) is 3.00. The van der Waals surface area contributed by atoms with E-state index in [-0.39, 0.29) is 24.5 Å². The highest BCUT2D eigenvalue weighted by molar-refractivity contribution is 7.14. The molecule has 1 aromatic heterocycles. The van der Waals surface area contributed by atoms with Crippen molar-refractivity contribution in [2.45, 2.75) is 39.2 Å². The van der Waals surface area contributed by atoms with Gasteiger partial charge in [0.1, 0.15) is 0 Å². The third-order valence-corrected chi connectivity index (χ3v) is 5.70. The van der Waals surface area contributed by atoms with E-state index in [2.05, 4.69) is 28.0 Å². The number of carbonyl (C=O) groups excluding carboxylic acids is 3. The molecular weight excluding hydrogens is 378 g/mol. The van der Waals surface area contributed by atoms with Crippen molar-refractivity contribution in [1.82, 2.24) is 4.98 Å². The number of thiazole rings is 1. The minimum Gasteiger partial charge on any atom is -0.459 e. The summed E-state index contributed by atoms with van der Waals surface area (Å²) in [5, 5.41) is 4.63. The molecule has 0 spiro atoms. The van der Waals surface area contributed by atoms with Crippen LogP contribution in [0.4, 0.5) is 10.8 Å². The fourth-order valence-electron chi connectivity index (χ4n) is 3.46. The standard InChI is InChI=1S/C20H21N3O4S/c1-3-27-19(26)17(24)22-20-21-15(10-28-20)13-6-7-16-14(9-13)8-11(2)23(16)18(25)12-4-5-12/h6-7,9-12H,3-5,8H2,1-2H3,(H,21,22,24)/t11-/m0/s1. The number of hydrogen-bond donors (Lipinski definition) is 1. The van der Waals surface area contributed by atoms with Crippen molar-refractivity contribution in [1.29, 1.82) is 0 Å². The third kappa shape index (κ3) is 3.52. The molecule has 0 saturated heterocycles. The third-order valence-electron chi connectivity index (χ3n) is 4.94. The second-order valence-corrected chi connectivity index (χ2v) is 7.95. The molecule has 1 aliphatic carbocycles. The maximum atomic E-state index is 12.6. The van der Waals surface area contributed by atoms with E-state index >= 15 is 0 Å². The van der Waals surface area contributed by atoms with Gasteiger partial charge in [-0.2, -0.15) is 0 Å². The quantitative estimate of drug-likeness (QED) is 0.631. The summed E-state index contributed by atoms with van der Waals surface area (Å²) >= 11 is 1.24. The zero-order valence-corrected chi connectivity index (χ0v) is 16.5. The first-order valence-electron chi connectivity index (χ1n) is 9.38. The summed E-state index contributed by atoms with van der Waals surface area (Å²) in [4.78, 5) is 42.1. The van der Waals surface area contributed by atoms with Crippen molar-refractivity contribution in [3.8, 4) is 11.3 Å². The van der Waals surface area contributed by atoms with Gasteiger partial charge in [-0.15, -0.1) is 11.3 Å². The number of ether oxygens (including phenoxy) is 1. The SMILES string of the molecule is CCOC(=O)C(=O)Nc1nc(-c2ccc3c(c2)C[C@H](C)N3C(=O)C2CC2)cs1. The van der Waals surface area contributed by atoms with Crippen LogP contribution in [0.25, 0.3) is 11.3 Å². The number of fused-ring (bicyclic) bond motifs is 1. The van der Waals surface area contributed by atoms with E-state index in [1.165, 1.54) is 11.3 Å². The van der Waals surface area contributed by atoms with E-state index in [0.717, 1.165) is 36.1 Å². The molecule has 4 rings (SSSR count). The van der Waals surface area contributed by atoms with Crippen LogP contribution in [0.1, 0.15) is 32.3 Å². The van der Waals surface area contributed by atoms with Crippen LogP contribution in [0.3, 0.4) is 0 Å². The van der Waals surface area contributed by atoms with Crippen molar-refractivity contribution in [2.75, 3.05) is 16.8 Å². The molecule has 1 aliphatic heterocycles. The average Bonchev–Trinajstić information content (AvgIpc) is 3.33. The summed E-state index contributed by atoms with van der Waals surface area (Å²) in [6.45, 7) is 3.86. The number of rotatable bonds is 4. The number of benzene rings is 1. The van der Waals surface area contributed by atoms with Crippen LogP contribution in [0.15, 0.2) is 23.6 Å². The van der Waals surface area contributed by atoms with Crippen molar-refractivity contribution in [3.63, 3.8) is 0 Å². The van der Waals surface area contributed by atoms with Crippen LogP contribution in [0.2, 0.25) is 0 Å². The van der Waals surface area contributed by atoms with E-state index in [0.29, 0.717) is 10.8 Å². The molecule has 1 saturated carbocycles. The minimum absolute atomic E-state index is 0.142. The Hall–Kier alpha value is -2.74. The normalized spacial score (nSPS) is 17.9. The number of nitrogens with zero attached hydrogens (tertiary/aromatic N) is 2. The Morgan fingerprint density at radius 3 is 2.82 bits per heavy atom. The van der Waals surface area contributed by atoms with Crippen LogP contribution in [-0.4, -0.2) is 35.4 Å². The van der Waals surface area contributed by atoms with E-state index in [1.807, 2.05) is 22.4 Å². The van der Waals surface area contributed by atoms with Gasteiger partial charge in [-0.1, -0.05) is 6.07 Å². The molecule has 1 fully saturated rings. The van der Waals surface area contributed by atoms with Gasteiger partial charge >= 0.3 is 11.9 Å². The lowest BCUT2D eigenvalue weighted by atomic mass is 10.1. The fourth-order valence-corrected chi connectivity index (χ4v) is 4.18.